The average Bonchev–Trinajstić information content (AvgIpc) is 3.10. The van der Waals surface area contributed by atoms with Crippen molar-refractivity contribution in [3.05, 3.63) is 52.4 Å². The number of fused-ring (bicyclic) bond motifs is 1. The lowest BCUT2D eigenvalue weighted by molar-refractivity contribution is 0.264. The van der Waals surface area contributed by atoms with Gasteiger partial charge >= 0.3 is 0 Å². The molecule has 1 aromatic carbocycles. The van der Waals surface area contributed by atoms with Gasteiger partial charge in [-0.25, -0.2) is 0 Å². The van der Waals surface area contributed by atoms with Crippen molar-refractivity contribution in [1.82, 2.24) is 5.16 Å². The van der Waals surface area contributed by atoms with Gasteiger partial charge in [-0.2, -0.15) is 0 Å². The van der Waals surface area contributed by atoms with Crippen LogP contribution in [0.4, 0.5) is 0 Å². The molecule has 2 nitrogen and oxygen atoms in total. The number of aryl methyl sites for hydroxylation is 1. The maximum atomic E-state index is 5.28. The Kier molecular flexibility index (Phi) is 4.43. The van der Waals surface area contributed by atoms with E-state index in [0.29, 0.717) is 5.92 Å². The van der Waals surface area contributed by atoms with E-state index in [1.165, 1.54) is 27.8 Å². The van der Waals surface area contributed by atoms with E-state index >= 15 is 0 Å². The van der Waals surface area contributed by atoms with Gasteiger partial charge in [0.05, 0.1) is 6.20 Å². The van der Waals surface area contributed by atoms with Crippen molar-refractivity contribution in [3.63, 3.8) is 0 Å². The zero-order valence-electron chi connectivity index (χ0n) is 16.7. The monoisotopic (exact) mass is 337 g/mol. The molecule has 0 saturated heterocycles. The Morgan fingerprint density at radius 3 is 2.36 bits per heavy atom. The molecule has 1 unspecified atom stereocenters. The highest BCUT2D eigenvalue weighted by molar-refractivity contribution is 5.81. The molecule has 1 aliphatic rings. The number of allylic oxidation sites excluding steroid dienone is 1. The second-order valence-corrected chi connectivity index (χ2v) is 8.71. The summed E-state index contributed by atoms with van der Waals surface area (Å²) in [6.45, 7) is 16.4. The Labute approximate surface area is 152 Å². The van der Waals surface area contributed by atoms with Gasteiger partial charge in [0.25, 0.3) is 0 Å². The predicted octanol–water partition coefficient (Wildman–Crippen LogP) is 6.39. The van der Waals surface area contributed by atoms with Crippen molar-refractivity contribution >= 4 is 11.6 Å². The Morgan fingerprint density at radius 1 is 1.16 bits per heavy atom. The summed E-state index contributed by atoms with van der Waals surface area (Å²) in [6, 6.07) is 6.84. The number of nitrogens with zero attached hydrogens (tertiary/aromatic N) is 1. The van der Waals surface area contributed by atoms with Gasteiger partial charge in [0.15, 0.2) is 5.76 Å². The molecule has 0 saturated carbocycles. The third kappa shape index (κ3) is 2.86. The maximum Gasteiger partial charge on any atom is 0.159 e. The van der Waals surface area contributed by atoms with Crippen LogP contribution in [0.2, 0.25) is 0 Å². The number of benzene rings is 1. The minimum absolute atomic E-state index is 0.185. The van der Waals surface area contributed by atoms with Crippen molar-refractivity contribution in [2.24, 2.45) is 5.92 Å². The van der Waals surface area contributed by atoms with Gasteiger partial charge in [0, 0.05) is 6.07 Å². The van der Waals surface area contributed by atoms with Crippen LogP contribution in [0.1, 0.15) is 82.9 Å². The van der Waals surface area contributed by atoms with Gasteiger partial charge in [0.2, 0.25) is 0 Å². The van der Waals surface area contributed by atoms with Crippen LogP contribution >= 0.6 is 0 Å². The van der Waals surface area contributed by atoms with Gasteiger partial charge in [-0.15, -0.1) is 0 Å². The van der Waals surface area contributed by atoms with Crippen LogP contribution in [0.5, 0.6) is 0 Å². The highest BCUT2D eigenvalue weighted by Gasteiger charge is 2.48. The first-order valence-corrected chi connectivity index (χ1v) is 9.46. The Hall–Kier alpha value is -1.83. The molecule has 0 radical (unpaired) electrons. The third-order valence-corrected chi connectivity index (χ3v) is 6.56. The molecule has 0 spiro atoms. The van der Waals surface area contributed by atoms with E-state index in [-0.39, 0.29) is 10.8 Å². The van der Waals surface area contributed by atoms with Gasteiger partial charge < -0.3 is 4.52 Å². The number of hydrogen-bond donors (Lipinski definition) is 0. The summed E-state index contributed by atoms with van der Waals surface area (Å²) in [7, 11) is 0. The lowest BCUT2D eigenvalue weighted by atomic mass is 9.71. The molecule has 0 bridgehead atoms. The Morgan fingerprint density at radius 2 is 1.80 bits per heavy atom. The van der Waals surface area contributed by atoms with E-state index in [4.69, 9.17) is 4.52 Å². The summed E-state index contributed by atoms with van der Waals surface area (Å²) in [5.41, 5.74) is 7.49. The second kappa shape index (κ2) is 6.16. The third-order valence-electron chi connectivity index (χ3n) is 6.56. The number of rotatable bonds is 4. The van der Waals surface area contributed by atoms with E-state index in [1.54, 1.807) is 6.20 Å². The molecule has 1 aromatic heterocycles. The molecular weight excluding hydrogens is 306 g/mol. The topological polar surface area (TPSA) is 26.0 Å². The highest BCUT2D eigenvalue weighted by atomic mass is 16.5. The standard InChI is InChI=1S/C23H31NO/c1-8-9-17-13-20-21(23(6,7)16(3)22(20,4)5)14-19(17)15(2)12-18-10-11-24-25-18/h10-14,16H,8-9H2,1-7H3. The van der Waals surface area contributed by atoms with Crippen molar-refractivity contribution in [1.29, 1.82) is 0 Å². The molecule has 3 rings (SSSR count). The molecule has 1 atom stereocenters. The average molecular weight is 338 g/mol. The van der Waals surface area contributed by atoms with Crippen LogP contribution in [0.3, 0.4) is 0 Å². The molecule has 1 aliphatic carbocycles. The number of aromatic nitrogens is 1. The van der Waals surface area contributed by atoms with Crippen LogP contribution < -0.4 is 0 Å². The molecule has 2 heteroatoms. The summed E-state index contributed by atoms with van der Waals surface area (Å²) in [5.74, 6) is 1.42. The summed E-state index contributed by atoms with van der Waals surface area (Å²) >= 11 is 0. The summed E-state index contributed by atoms with van der Waals surface area (Å²) in [4.78, 5) is 0. The van der Waals surface area contributed by atoms with E-state index in [0.717, 1.165) is 18.6 Å². The van der Waals surface area contributed by atoms with E-state index in [2.05, 4.69) is 71.8 Å². The zero-order chi connectivity index (χ0) is 18.4. The Bertz CT molecular complexity index is 794. The second-order valence-electron chi connectivity index (χ2n) is 8.71. The maximum absolute atomic E-state index is 5.28. The smallest absolute Gasteiger partial charge is 0.159 e. The molecular formula is C23H31NO. The molecule has 0 amide bonds. The molecule has 0 N–H and O–H groups in total. The first kappa shape index (κ1) is 18.0. The van der Waals surface area contributed by atoms with Crippen LogP contribution in [0.15, 0.2) is 28.9 Å². The first-order valence-electron chi connectivity index (χ1n) is 9.46. The molecule has 134 valence electrons. The van der Waals surface area contributed by atoms with Crippen LogP contribution in [-0.4, -0.2) is 5.16 Å². The van der Waals surface area contributed by atoms with Crippen molar-refractivity contribution < 1.29 is 4.52 Å². The van der Waals surface area contributed by atoms with Gasteiger partial charge in [-0.3, -0.25) is 0 Å². The van der Waals surface area contributed by atoms with Crippen molar-refractivity contribution in [2.45, 2.75) is 72.1 Å². The fourth-order valence-corrected chi connectivity index (χ4v) is 4.51. The minimum Gasteiger partial charge on any atom is -0.357 e. The fraction of sp³-hybridized carbons (Fsp3) is 0.522. The predicted molar refractivity (Wildman–Crippen MR) is 106 cm³/mol. The largest absolute Gasteiger partial charge is 0.357 e. The number of hydrogen-bond acceptors (Lipinski definition) is 2. The van der Waals surface area contributed by atoms with Crippen molar-refractivity contribution in [2.75, 3.05) is 0 Å². The first-order chi connectivity index (χ1) is 11.7. The fourth-order valence-electron chi connectivity index (χ4n) is 4.51. The molecule has 0 aliphatic heterocycles. The lowest BCUT2D eigenvalue weighted by Gasteiger charge is -2.32. The normalized spacial score (nSPS) is 21.4. The SMILES string of the molecule is CCCc1cc2c(cc1C(C)=Cc1ccno1)C(C)(C)C(C)C2(C)C. The van der Waals surface area contributed by atoms with Crippen molar-refractivity contribution in [3.8, 4) is 0 Å². The van der Waals surface area contributed by atoms with E-state index < -0.39 is 0 Å². The van der Waals surface area contributed by atoms with Crippen LogP contribution in [-0.2, 0) is 17.3 Å². The van der Waals surface area contributed by atoms with Crippen LogP contribution in [0, 0.1) is 5.92 Å². The summed E-state index contributed by atoms with van der Waals surface area (Å²) < 4.78 is 5.28. The highest BCUT2D eigenvalue weighted by Crippen LogP contribution is 2.54. The minimum atomic E-state index is 0.185. The lowest BCUT2D eigenvalue weighted by Crippen LogP contribution is -2.30. The zero-order valence-corrected chi connectivity index (χ0v) is 16.7. The molecule has 0 fully saturated rings. The summed E-state index contributed by atoms with van der Waals surface area (Å²) in [6.07, 6.45) is 6.06. The van der Waals surface area contributed by atoms with E-state index in [1.807, 2.05) is 6.07 Å². The summed E-state index contributed by atoms with van der Waals surface area (Å²) in [5, 5.41) is 3.82. The van der Waals surface area contributed by atoms with Gasteiger partial charge in [-0.05, 0) is 64.0 Å². The quantitative estimate of drug-likeness (QED) is 0.646. The molecule has 25 heavy (non-hydrogen) atoms. The van der Waals surface area contributed by atoms with Crippen LogP contribution in [0.25, 0.3) is 11.6 Å². The molecule has 1 heterocycles. The molecule has 2 aromatic rings. The van der Waals surface area contributed by atoms with Gasteiger partial charge in [-0.1, -0.05) is 65.3 Å². The van der Waals surface area contributed by atoms with Gasteiger partial charge in [0.1, 0.15) is 0 Å². The van der Waals surface area contributed by atoms with E-state index in [9.17, 15) is 0 Å². The Balaban J connectivity index is 2.19.